The van der Waals surface area contributed by atoms with Gasteiger partial charge in [0.1, 0.15) is 0 Å². The standard InChI is InChI=1S/C11H20N2O2.ClH/c14-11(13-10-1-4-12-8-10)7-9-2-5-15-6-3-9;/h9-10,12H,1-8H2,(H,13,14);1H. The van der Waals surface area contributed by atoms with E-state index in [1.54, 1.807) is 0 Å². The minimum atomic E-state index is 0. The molecule has 0 aromatic heterocycles. The summed E-state index contributed by atoms with van der Waals surface area (Å²) in [6, 6.07) is 0.359. The van der Waals surface area contributed by atoms with Crippen LogP contribution in [0.2, 0.25) is 0 Å². The Hall–Kier alpha value is -0.320. The summed E-state index contributed by atoms with van der Waals surface area (Å²) in [6.45, 7) is 3.60. The molecule has 1 atom stereocenters. The van der Waals surface area contributed by atoms with Crippen molar-refractivity contribution in [3.8, 4) is 0 Å². The predicted octanol–water partition coefficient (Wildman–Crippen LogP) is 0.703. The smallest absolute Gasteiger partial charge is 0.220 e. The average molecular weight is 249 g/mol. The number of carbonyl (C=O) groups is 1. The molecule has 2 fully saturated rings. The first kappa shape index (κ1) is 13.7. The van der Waals surface area contributed by atoms with Crippen LogP contribution in [0.5, 0.6) is 0 Å². The van der Waals surface area contributed by atoms with Crippen molar-refractivity contribution >= 4 is 18.3 Å². The highest BCUT2D eigenvalue weighted by molar-refractivity contribution is 5.85. The maximum atomic E-state index is 11.7. The van der Waals surface area contributed by atoms with Crippen molar-refractivity contribution in [3.05, 3.63) is 0 Å². The quantitative estimate of drug-likeness (QED) is 0.773. The van der Waals surface area contributed by atoms with Crippen LogP contribution < -0.4 is 10.6 Å². The molecule has 1 amide bonds. The summed E-state index contributed by atoms with van der Waals surface area (Å²) in [5.74, 6) is 0.753. The van der Waals surface area contributed by atoms with E-state index >= 15 is 0 Å². The Morgan fingerprint density at radius 3 is 2.69 bits per heavy atom. The van der Waals surface area contributed by atoms with Gasteiger partial charge in [-0.3, -0.25) is 4.79 Å². The third kappa shape index (κ3) is 4.28. The number of ether oxygens (including phenoxy) is 1. The Labute approximate surface area is 103 Å². The van der Waals surface area contributed by atoms with Gasteiger partial charge >= 0.3 is 0 Å². The molecule has 5 heteroatoms. The fraction of sp³-hybridized carbons (Fsp3) is 0.909. The first-order chi connectivity index (χ1) is 7.34. The van der Waals surface area contributed by atoms with E-state index in [9.17, 15) is 4.79 Å². The van der Waals surface area contributed by atoms with Crippen molar-refractivity contribution in [2.24, 2.45) is 5.92 Å². The zero-order valence-corrected chi connectivity index (χ0v) is 10.4. The second-order valence-corrected chi connectivity index (χ2v) is 4.52. The van der Waals surface area contributed by atoms with Crippen molar-refractivity contribution in [2.45, 2.75) is 31.7 Å². The van der Waals surface area contributed by atoms with Gasteiger partial charge in [-0.15, -0.1) is 12.4 Å². The minimum Gasteiger partial charge on any atom is -0.381 e. The highest BCUT2D eigenvalue weighted by Crippen LogP contribution is 2.18. The van der Waals surface area contributed by atoms with Crippen LogP contribution in [0.25, 0.3) is 0 Å². The van der Waals surface area contributed by atoms with Crippen molar-refractivity contribution in [1.82, 2.24) is 10.6 Å². The first-order valence-electron chi connectivity index (χ1n) is 5.92. The van der Waals surface area contributed by atoms with Gasteiger partial charge in [0.2, 0.25) is 5.91 Å². The van der Waals surface area contributed by atoms with E-state index in [2.05, 4.69) is 10.6 Å². The second kappa shape index (κ2) is 7.09. The van der Waals surface area contributed by atoms with Crippen LogP contribution in [0.1, 0.15) is 25.7 Å². The molecule has 0 aliphatic carbocycles. The largest absolute Gasteiger partial charge is 0.381 e. The van der Waals surface area contributed by atoms with Gasteiger partial charge in [-0.1, -0.05) is 0 Å². The number of rotatable bonds is 3. The van der Waals surface area contributed by atoms with Gasteiger partial charge in [0.05, 0.1) is 0 Å². The Morgan fingerprint density at radius 1 is 1.31 bits per heavy atom. The lowest BCUT2D eigenvalue weighted by atomic mass is 9.96. The lowest BCUT2D eigenvalue weighted by Gasteiger charge is -2.22. The third-order valence-electron chi connectivity index (χ3n) is 3.24. The van der Waals surface area contributed by atoms with Crippen LogP contribution >= 0.6 is 12.4 Å². The summed E-state index contributed by atoms with van der Waals surface area (Å²) in [4.78, 5) is 11.7. The van der Waals surface area contributed by atoms with Gasteiger partial charge in [-0.25, -0.2) is 0 Å². The molecular weight excluding hydrogens is 228 g/mol. The molecule has 0 aromatic carbocycles. The lowest BCUT2D eigenvalue weighted by molar-refractivity contribution is -0.123. The molecule has 0 radical (unpaired) electrons. The summed E-state index contributed by atoms with van der Waals surface area (Å²) >= 11 is 0. The van der Waals surface area contributed by atoms with E-state index in [1.807, 2.05) is 0 Å². The number of carbonyl (C=O) groups excluding carboxylic acids is 1. The van der Waals surface area contributed by atoms with Gasteiger partial charge < -0.3 is 15.4 Å². The highest BCUT2D eigenvalue weighted by atomic mass is 35.5. The third-order valence-corrected chi connectivity index (χ3v) is 3.24. The lowest BCUT2D eigenvalue weighted by Crippen LogP contribution is -2.37. The SMILES string of the molecule is Cl.O=C(CC1CCOCC1)NC1CCNC1. The highest BCUT2D eigenvalue weighted by Gasteiger charge is 2.20. The van der Waals surface area contributed by atoms with Gasteiger partial charge in [0.15, 0.2) is 0 Å². The molecule has 0 saturated carbocycles. The van der Waals surface area contributed by atoms with Crippen LogP contribution in [-0.2, 0) is 9.53 Å². The van der Waals surface area contributed by atoms with E-state index in [-0.39, 0.29) is 18.3 Å². The molecule has 4 nitrogen and oxygen atoms in total. The topological polar surface area (TPSA) is 50.4 Å². The van der Waals surface area contributed by atoms with Crippen LogP contribution in [0, 0.1) is 5.92 Å². The van der Waals surface area contributed by atoms with Crippen molar-refractivity contribution in [2.75, 3.05) is 26.3 Å². The number of nitrogens with one attached hydrogen (secondary N) is 2. The summed E-state index contributed by atoms with van der Waals surface area (Å²) in [6.07, 6.45) is 3.83. The number of halogens is 1. The van der Waals surface area contributed by atoms with E-state index in [0.717, 1.165) is 45.6 Å². The maximum absolute atomic E-state index is 11.7. The van der Waals surface area contributed by atoms with E-state index in [1.165, 1.54) is 0 Å². The molecule has 0 bridgehead atoms. The van der Waals surface area contributed by atoms with Gasteiger partial charge in [0, 0.05) is 32.2 Å². The van der Waals surface area contributed by atoms with Gasteiger partial charge in [-0.2, -0.15) is 0 Å². The van der Waals surface area contributed by atoms with E-state index < -0.39 is 0 Å². The molecule has 1 unspecified atom stereocenters. The minimum absolute atomic E-state index is 0. The van der Waals surface area contributed by atoms with Crippen LogP contribution in [-0.4, -0.2) is 38.3 Å². The maximum Gasteiger partial charge on any atom is 0.220 e. The van der Waals surface area contributed by atoms with Crippen molar-refractivity contribution < 1.29 is 9.53 Å². The molecule has 2 aliphatic rings. The van der Waals surface area contributed by atoms with Crippen molar-refractivity contribution in [3.63, 3.8) is 0 Å². The summed E-state index contributed by atoms with van der Waals surface area (Å²) in [7, 11) is 0. The summed E-state index contributed by atoms with van der Waals surface area (Å²) in [5.41, 5.74) is 0. The molecule has 16 heavy (non-hydrogen) atoms. The number of amides is 1. The summed E-state index contributed by atoms with van der Waals surface area (Å²) in [5, 5.41) is 6.33. The molecule has 2 N–H and O–H groups in total. The van der Waals surface area contributed by atoms with E-state index in [0.29, 0.717) is 18.4 Å². The van der Waals surface area contributed by atoms with Crippen LogP contribution in [0.15, 0.2) is 0 Å². The van der Waals surface area contributed by atoms with Crippen molar-refractivity contribution in [1.29, 1.82) is 0 Å². The average Bonchev–Trinajstić information content (AvgIpc) is 2.71. The monoisotopic (exact) mass is 248 g/mol. The Kier molecular flexibility index (Phi) is 6.09. The summed E-state index contributed by atoms with van der Waals surface area (Å²) < 4.78 is 5.27. The molecule has 2 heterocycles. The van der Waals surface area contributed by atoms with Gasteiger partial charge in [-0.05, 0) is 31.7 Å². The fourth-order valence-electron chi connectivity index (χ4n) is 2.28. The van der Waals surface area contributed by atoms with E-state index in [4.69, 9.17) is 4.74 Å². The number of hydrogen-bond acceptors (Lipinski definition) is 3. The van der Waals surface area contributed by atoms with Crippen LogP contribution in [0.4, 0.5) is 0 Å². The second-order valence-electron chi connectivity index (χ2n) is 4.52. The molecule has 2 rings (SSSR count). The molecule has 2 saturated heterocycles. The first-order valence-corrected chi connectivity index (χ1v) is 5.92. The molecule has 94 valence electrons. The molecule has 0 aromatic rings. The Morgan fingerprint density at radius 2 is 2.06 bits per heavy atom. The molecular formula is C11H21ClN2O2. The van der Waals surface area contributed by atoms with Crippen LogP contribution in [0.3, 0.4) is 0 Å². The zero-order valence-electron chi connectivity index (χ0n) is 9.54. The van der Waals surface area contributed by atoms with Gasteiger partial charge in [0.25, 0.3) is 0 Å². The fourth-order valence-corrected chi connectivity index (χ4v) is 2.28. The Bertz CT molecular complexity index is 214. The Balaban J connectivity index is 0.00000128. The molecule has 2 aliphatic heterocycles. The number of hydrogen-bond donors (Lipinski definition) is 2. The predicted molar refractivity (Wildman–Crippen MR) is 64.8 cm³/mol. The molecule has 0 spiro atoms. The normalized spacial score (nSPS) is 26.1. The zero-order chi connectivity index (χ0) is 10.5.